The SMILES string of the molecule is CN1CCC(Cn2ccc3c(-c4ccc(C#N)c(F)c4)c(-c4ccc5c(cnn5C)c4)ncc32)CC1. The van der Waals surface area contributed by atoms with E-state index >= 15 is 0 Å². The molecule has 36 heavy (non-hydrogen) atoms. The summed E-state index contributed by atoms with van der Waals surface area (Å²) in [7, 11) is 4.10. The minimum Gasteiger partial charge on any atom is -0.346 e. The molecule has 1 saturated heterocycles. The Kier molecular flexibility index (Phi) is 5.54. The van der Waals surface area contributed by atoms with Crippen molar-refractivity contribution in [1.82, 2.24) is 24.2 Å². The van der Waals surface area contributed by atoms with E-state index in [-0.39, 0.29) is 5.56 Å². The molecule has 0 bridgehead atoms. The molecule has 0 atom stereocenters. The molecule has 0 spiro atoms. The molecule has 0 aliphatic carbocycles. The topological polar surface area (TPSA) is 62.7 Å². The second-order valence-corrected chi connectivity index (χ2v) is 9.84. The van der Waals surface area contributed by atoms with Gasteiger partial charge in [-0.25, -0.2) is 4.39 Å². The highest BCUT2D eigenvalue weighted by Crippen LogP contribution is 2.38. The van der Waals surface area contributed by atoms with E-state index in [4.69, 9.17) is 4.98 Å². The van der Waals surface area contributed by atoms with E-state index in [0.29, 0.717) is 11.5 Å². The zero-order valence-corrected chi connectivity index (χ0v) is 20.4. The van der Waals surface area contributed by atoms with Gasteiger partial charge in [-0.05, 0) is 74.8 Å². The van der Waals surface area contributed by atoms with Crippen LogP contribution in [0.3, 0.4) is 0 Å². The van der Waals surface area contributed by atoms with Crippen LogP contribution in [0.4, 0.5) is 4.39 Å². The Balaban J connectivity index is 1.51. The monoisotopic (exact) mass is 478 g/mol. The predicted molar refractivity (Wildman–Crippen MR) is 140 cm³/mol. The number of hydrogen-bond acceptors (Lipinski definition) is 4. The second kappa shape index (κ2) is 8.89. The molecule has 2 aromatic carbocycles. The van der Waals surface area contributed by atoms with Gasteiger partial charge in [-0.15, -0.1) is 0 Å². The number of pyridine rings is 1. The summed E-state index contributed by atoms with van der Waals surface area (Å²) in [5.41, 5.74) is 5.44. The summed E-state index contributed by atoms with van der Waals surface area (Å²) >= 11 is 0. The van der Waals surface area contributed by atoms with E-state index in [1.54, 1.807) is 6.07 Å². The first kappa shape index (κ1) is 22.4. The average Bonchev–Trinajstić information content (AvgIpc) is 3.47. The molecule has 0 N–H and O–H groups in total. The number of fused-ring (bicyclic) bond motifs is 2. The lowest BCUT2D eigenvalue weighted by atomic mass is 9.94. The molecule has 1 aliphatic heterocycles. The number of piperidine rings is 1. The van der Waals surface area contributed by atoms with Gasteiger partial charge in [0.1, 0.15) is 11.9 Å². The van der Waals surface area contributed by atoms with Crippen LogP contribution in [-0.4, -0.2) is 44.4 Å². The summed E-state index contributed by atoms with van der Waals surface area (Å²) < 4.78 is 18.9. The van der Waals surface area contributed by atoms with Crippen LogP contribution in [0, 0.1) is 23.1 Å². The summed E-state index contributed by atoms with van der Waals surface area (Å²) in [5, 5.41) is 15.7. The van der Waals surface area contributed by atoms with Gasteiger partial charge in [0.2, 0.25) is 0 Å². The molecule has 0 radical (unpaired) electrons. The Morgan fingerprint density at radius 2 is 1.81 bits per heavy atom. The Morgan fingerprint density at radius 1 is 1.00 bits per heavy atom. The Morgan fingerprint density at radius 3 is 2.58 bits per heavy atom. The van der Waals surface area contributed by atoms with Crippen molar-refractivity contribution in [1.29, 1.82) is 5.26 Å². The Labute approximate surface area is 209 Å². The molecule has 5 aromatic rings. The standard InChI is InChI=1S/C29H27FN6/c1-34-10-7-19(8-11-34)18-36-12-9-24-27(36)17-32-29(21-5-6-26-23(13-21)16-33-35(26)2)28(24)20-3-4-22(15-31)25(30)14-20/h3-6,9,12-14,16-17,19H,7-8,10-11,18H2,1-2H3. The van der Waals surface area contributed by atoms with Gasteiger partial charge in [-0.2, -0.15) is 10.4 Å². The first-order chi connectivity index (χ1) is 17.5. The van der Waals surface area contributed by atoms with E-state index < -0.39 is 5.82 Å². The number of aryl methyl sites for hydroxylation is 1. The summed E-state index contributed by atoms with van der Waals surface area (Å²) in [4.78, 5) is 7.32. The van der Waals surface area contributed by atoms with Crippen molar-refractivity contribution in [2.75, 3.05) is 20.1 Å². The lowest BCUT2D eigenvalue weighted by molar-refractivity contribution is 0.206. The molecule has 6 nitrogen and oxygen atoms in total. The normalized spacial score (nSPS) is 15.1. The first-order valence-electron chi connectivity index (χ1n) is 12.3. The molecule has 7 heteroatoms. The van der Waals surface area contributed by atoms with Crippen molar-refractivity contribution in [3.8, 4) is 28.5 Å². The highest BCUT2D eigenvalue weighted by molar-refractivity contribution is 6.02. The quantitative estimate of drug-likeness (QED) is 0.337. The van der Waals surface area contributed by atoms with Crippen LogP contribution in [0.1, 0.15) is 18.4 Å². The molecule has 1 fully saturated rings. The number of aromatic nitrogens is 4. The van der Waals surface area contributed by atoms with Crippen LogP contribution in [0.2, 0.25) is 0 Å². The van der Waals surface area contributed by atoms with Gasteiger partial charge in [-0.3, -0.25) is 9.67 Å². The fourth-order valence-electron chi connectivity index (χ4n) is 5.42. The molecule has 0 amide bonds. The zero-order valence-electron chi connectivity index (χ0n) is 20.4. The van der Waals surface area contributed by atoms with Crippen molar-refractivity contribution < 1.29 is 4.39 Å². The van der Waals surface area contributed by atoms with Crippen molar-refractivity contribution in [3.05, 3.63) is 72.4 Å². The number of likely N-dealkylation sites (tertiary alicyclic amines) is 1. The third-order valence-electron chi connectivity index (χ3n) is 7.52. The molecule has 0 unspecified atom stereocenters. The van der Waals surface area contributed by atoms with Gasteiger partial charge in [0, 0.05) is 41.7 Å². The number of halogens is 1. The van der Waals surface area contributed by atoms with Gasteiger partial charge in [0.05, 0.1) is 34.7 Å². The third-order valence-corrected chi connectivity index (χ3v) is 7.52. The number of nitrogens with zero attached hydrogens (tertiary/aromatic N) is 6. The number of nitriles is 1. The fraction of sp³-hybridized carbons (Fsp3) is 0.276. The lowest BCUT2D eigenvalue weighted by Gasteiger charge is -2.29. The average molecular weight is 479 g/mol. The molecule has 4 heterocycles. The van der Waals surface area contributed by atoms with Crippen LogP contribution in [0.25, 0.3) is 44.2 Å². The minimum absolute atomic E-state index is 0.0389. The van der Waals surface area contributed by atoms with E-state index in [1.807, 2.05) is 48.4 Å². The van der Waals surface area contributed by atoms with Crippen molar-refractivity contribution in [3.63, 3.8) is 0 Å². The van der Waals surface area contributed by atoms with E-state index in [9.17, 15) is 9.65 Å². The van der Waals surface area contributed by atoms with E-state index in [2.05, 4.69) is 39.9 Å². The maximum atomic E-state index is 14.8. The predicted octanol–water partition coefficient (Wildman–Crippen LogP) is 5.61. The zero-order chi connectivity index (χ0) is 24.8. The minimum atomic E-state index is -0.522. The summed E-state index contributed by atoms with van der Waals surface area (Å²) in [5.74, 6) is 0.103. The van der Waals surface area contributed by atoms with Gasteiger partial charge in [-0.1, -0.05) is 12.1 Å². The molecule has 1 aliphatic rings. The highest BCUT2D eigenvalue weighted by Gasteiger charge is 2.21. The molecular weight excluding hydrogens is 451 g/mol. The Bertz CT molecular complexity index is 1630. The maximum absolute atomic E-state index is 14.8. The Hall–Kier alpha value is -4.02. The summed E-state index contributed by atoms with van der Waals surface area (Å²) in [6.45, 7) is 3.19. The van der Waals surface area contributed by atoms with Gasteiger partial charge < -0.3 is 9.47 Å². The lowest BCUT2D eigenvalue weighted by Crippen LogP contribution is -2.31. The van der Waals surface area contributed by atoms with Gasteiger partial charge in [0.15, 0.2) is 0 Å². The largest absolute Gasteiger partial charge is 0.346 e. The number of hydrogen-bond donors (Lipinski definition) is 0. The maximum Gasteiger partial charge on any atom is 0.141 e. The number of benzene rings is 2. The van der Waals surface area contributed by atoms with Gasteiger partial charge >= 0.3 is 0 Å². The molecule has 0 saturated carbocycles. The van der Waals surface area contributed by atoms with Crippen LogP contribution in [0.15, 0.2) is 61.1 Å². The highest BCUT2D eigenvalue weighted by atomic mass is 19.1. The summed E-state index contributed by atoms with van der Waals surface area (Å²) in [6, 6.07) is 15.0. The van der Waals surface area contributed by atoms with Gasteiger partial charge in [0.25, 0.3) is 0 Å². The molecule has 180 valence electrons. The van der Waals surface area contributed by atoms with Crippen LogP contribution in [-0.2, 0) is 13.6 Å². The smallest absolute Gasteiger partial charge is 0.141 e. The van der Waals surface area contributed by atoms with Crippen LogP contribution >= 0.6 is 0 Å². The second-order valence-electron chi connectivity index (χ2n) is 9.84. The van der Waals surface area contributed by atoms with E-state index in [1.165, 1.54) is 18.9 Å². The molecular formula is C29H27FN6. The molecule has 3 aromatic heterocycles. The number of rotatable bonds is 4. The fourth-order valence-corrected chi connectivity index (χ4v) is 5.42. The van der Waals surface area contributed by atoms with Crippen molar-refractivity contribution in [2.45, 2.75) is 19.4 Å². The van der Waals surface area contributed by atoms with Crippen molar-refractivity contribution >= 4 is 21.8 Å². The third kappa shape index (κ3) is 3.84. The van der Waals surface area contributed by atoms with Crippen molar-refractivity contribution in [2.24, 2.45) is 13.0 Å². The van der Waals surface area contributed by atoms with Crippen LogP contribution in [0.5, 0.6) is 0 Å². The summed E-state index contributed by atoms with van der Waals surface area (Å²) in [6.07, 6.45) is 8.27. The molecule has 6 rings (SSSR count). The van der Waals surface area contributed by atoms with E-state index in [0.717, 1.165) is 58.3 Å². The van der Waals surface area contributed by atoms with Crippen LogP contribution < -0.4 is 0 Å². The first-order valence-corrected chi connectivity index (χ1v) is 12.3.